The second kappa shape index (κ2) is 9.78. The summed E-state index contributed by atoms with van der Waals surface area (Å²) in [5, 5.41) is 15.5. The lowest BCUT2D eigenvalue weighted by Gasteiger charge is -2.39. The van der Waals surface area contributed by atoms with Gasteiger partial charge in [0.1, 0.15) is 11.0 Å². The van der Waals surface area contributed by atoms with Crippen LogP contribution in [0.25, 0.3) is 16.9 Å². The van der Waals surface area contributed by atoms with Gasteiger partial charge in [-0.1, -0.05) is 19.1 Å². The molecule has 2 aliphatic carbocycles. The number of hydrogen-bond donors (Lipinski definition) is 2. The number of fused-ring (bicyclic) bond motifs is 2. The van der Waals surface area contributed by atoms with Crippen molar-refractivity contribution in [1.29, 1.82) is 0 Å². The van der Waals surface area contributed by atoms with Gasteiger partial charge in [0.25, 0.3) is 5.56 Å². The molecule has 1 saturated heterocycles. The topological polar surface area (TPSA) is 104 Å². The van der Waals surface area contributed by atoms with Crippen LogP contribution in [0.1, 0.15) is 44.4 Å². The fourth-order valence-corrected chi connectivity index (χ4v) is 6.92. The lowest BCUT2D eigenvalue weighted by atomic mass is 9.84. The van der Waals surface area contributed by atoms with Gasteiger partial charge in [0.05, 0.1) is 12.2 Å². The number of aliphatic hydroxyl groups is 1. The predicted octanol–water partition coefficient (Wildman–Crippen LogP) is 3.98. The highest BCUT2D eigenvalue weighted by molar-refractivity contribution is 5.77. The minimum Gasteiger partial charge on any atom is -0.383 e. The molecule has 1 unspecified atom stereocenters. The molecule has 4 aromatic rings. The van der Waals surface area contributed by atoms with Crippen molar-refractivity contribution in [2.75, 3.05) is 36.9 Å². The average molecular weight is 567 g/mol. The number of hydrogen-bond acceptors (Lipinski definition) is 8. The van der Waals surface area contributed by atoms with E-state index in [2.05, 4.69) is 52.8 Å². The van der Waals surface area contributed by atoms with Crippen LogP contribution in [-0.2, 0) is 18.6 Å². The van der Waals surface area contributed by atoms with E-state index in [1.807, 2.05) is 31.2 Å². The lowest BCUT2D eigenvalue weighted by Crippen LogP contribution is -2.50. The van der Waals surface area contributed by atoms with Gasteiger partial charge in [0, 0.05) is 48.7 Å². The number of nitrogens with one attached hydrogen (secondary N) is 1. The first kappa shape index (κ1) is 26.9. The zero-order chi connectivity index (χ0) is 29.2. The first-order chi connectivity index (χ1) is 20.3. The Labute approximate surface area is 245 Å². The van der Waals surface area contributed by atoms with Crippen LogP contribution in [0.4, 0.5) is 17.3 Å². The Morgan fingerprint density at radius 3 is 2.62 bits per heavy atom. The predicted molar refractivity (Wildman–Crippen MR) is 165 cm³/mol. The van der Waals surface area contributed by atoms with Gasteiger partial charge < -0.3 is 20.2 Å². The second-order valence-electron chi connectivity index (χ2n) is 12.2. The van der Waals surface area contributed by atoms with Crippen LogP contribution in [0.3, 0.4) is 0 Å². The molecule has 0 amide bonds. The molecule has 10 nitrogen and oxygen atoms in total. The summed E-state index contributed by atoms with van der Waals surface area (Å²) in [4.78, 5) is 32.5. The zero-order valence-corrected chi connectivity index (χ0v) is 24.5. The summed E-state index contributed by atoms with van der Waals surface area (Å²) in [7, 11) is 2.17. The third kappa shape index (κ3) is 4.07. The maximum atomic E-state index is 13.5. The van der Waals surface area contributed by atoms with E-state index in [0.29, 0.717) is 35.3 Å². The van der Waals surface area contributed by atoms with Gasteiger partial charge in [-0.25, -0.2) is 19.3 Å². The number of pyridine rings is 1. The molecule has 3 aliphatic rings. The number of anilines is 3. The van der Waals surface area contributed by atoms with E-state index in [1.165, 1.54) is 5.69 Å². The summed E-state index contributed by atoms with van der Waals surface area (Å²) in [6.45, 7) is 11.5. The van der Waals surface area contributed by atoms with E-state index in [1.54, 1.807) is 21.6 Å². The zero-order valence-electron chi connectivity index (χ0n) is 24.5. The Morgan fingerprint density at radius 1 is 1.14 bits per heavy atom. The molecule has 7 rings (SSSR count). The number of piperazine rings is 1. The molecule has 42 heavy (non-hydrogen) atoms. The number of nitrogens with zero attached hydrogens (tertiary/aromatic N) is 7. The van der Waals surface area contributed by atoms with E-state index in [9.17, 15) is 9.90 Å². The summed E-state index contributed by atoms with van der Waals surface area (Å²) < 4.78 is 3.31. The maximum absolute atomic E-state index is 13.5. The van der Waals surface area contributed by atoms with Crippen LogP contribution >= 0.6 is 0 Å². The molecule has 1 aliphatic heterocycles. The largest absolute Gasteiger partial charge is 0.383 e. The van der Waals surface area contributed by atoms with Gasteiger partial charge >= 0.3 is 0 Å². The quantitative estimate of drug-likeness (QED) is 0.324. The molecule has 2 N–H and O–H groups in total. The number of allylic oxidation sites excluding steroid dienone is 1. The fourth-order valence-electron chi connectivity index (χ4n) is 6.92. The maximum Gasteiger partial charge on any atom is 0.278 e. The highest BCUT2D eigenvalue weighted by Gasteiger charge is 2.63. The first-order valence-electron chi connectivity index (χ1n) is 14.9. The van der Waals surface area contributed by atoms with Gasteiger partial charge in [-0.15, -0.1) is 6.58 Å². The molecular weight excluding hydrogens is 528 g/mol. The van der Waals surface area contributed by atoms with Gasteiger partial charge in [0.2, 0.25) is 5.95 Å². The Morgan fingerprint density at radius 2 is 1.93 bits per heavy atom. The van der Waals surface area contributed by atoms with Gasteiger partial charge in [-0.3, -0.25) is 4.79 Å². The van der Waals surface area contributed by atoms with Crippen molar-refractivity contribution in [1.82, 2.24) is 29.2 Å². The van der Waals surface area contributed by atoms with Crippen LogP contribution in [0.15, 0.2) is 60.0 Å². The highest BCUT2D eigenvalue weighted by Crippen LogP contribution is 2.65. The lowest BCUT2D eigenvalue weighted by molar-refractivity contribution is -0.0324. The van der Waals surface area contributed by atoms with Gasteiger partial charge in [-0.05, 0) is 75.5 Å². The third-order valence-electron chi connectivity index (χ3n) is 9.77. The number of benzene rings is 1. The standard InChI is InChI=1S/C32H38N8O2/c1-5-15-39-29(41)25-19-33-30(34-23-8-10-24(11-9-23)38-17-16-37(4)21(3)20-38)36-28(25)40(39)26-12-7-22-18-31(13-14-31)32(42,6-2)27(22)35-26/h5,7-12,19,21,42H,1,6,13-18,20H2,2-4H3,(H,33,34,36)/t21-,32?/m0/s1. The summed E-state index contributed by atoms with van der Waals surface area (Å²) >= 11 is 0. The fraction of sp³-hybridized carbons (Fsp3) is 0.438. The molecule has 1 saturated carbocycles. The molecule has 4 heterocycles. The van der Waals surface area contributed by atoms with Crippen molar-refractivity contribution in [3.05, 3.63) is 76.9 Å². The number of aromatic nitrogens is 5. The molecule has 1 aromatic carbocycles. The van der Waals surface area contributed by atoms with Crippen LogP contribution in [-0.4, -0.2) is 67.0 Å². The SMILES string of the molecule is C=CCn1c(=O)c2cnc(Nc3ccc(N4CCN(C)[C@@H](C)C4)cc3)nc2n1-c1ccc2c(n1)C(O)(CC)C1(CC1)C2. The minimum absolute atomic E-state index is 0.105. The monoisotopic (exact) mass is 566 g/mol. The van der Waals surface area contributed by atoms with Gasteiger partial charge in [-0.2, -0.15) is 4.98 Å². The van der Waals surface area contributed by atoms with Crippen molar-refractivity contribution in [3.63, 3.8) is 0 Å². The van der Waals surface area contributed by atoms with Crippen LogP contribution in [0.2, 0.25) is 0 Å². The van der Waals surface area contributed by atoms with Crippen LogP contribution < -0.4 is 15.8 Å². The first-order valence-corrected chi connectivity index (χ1v) is 14.9. The second-order valence-corrected chi connectivity index (χ2v) is 12.2. The Bertz CT molecular complexity index is 1740. The molecule has 218 valence electrons. The third-order valence-corrected chi connectivity index (χ3v) is 9.77. The Kier molecular flexibility index (Phi) is 6.25. The van der Waals surface area contributed by atoms with Crippen molar-refractivity contribution in [2.45, 2.75) is 57.7 Å². The summed E-state index contributed by atoms with van der Waals surface area (Å²) in [5.74, 6) is 0.929. The van der Waals surface area contributed by atoms with Crippen molar-refractivity contribution in [2.24, 2.45) is 5.41 Å². The van der Waals surface area contributed by atoms with Crippen molar-refractivity contribution in [3.8, 4) is 5.82 Å². The molecule has 1 spiro atoms. The molecular formula is C32H38N8O2. The highest BCUT2D eigenvalue weighted by atomic mass is 16.3. The normalized spacial score (nSPS) is 23.0. The number of likely N-dealkylation sites (N-methyl/N-ethyl adjacent to an activating group) is 1. The van der Waals surface area contributed by atoms with E-state index in [4.69, 9.17) is 9.97 Å². The van der Waals surface area contributed by atoms with Crippen LogP contribution in [0.5, 0.6) is 0 Å². The Hall–Kier alpha value is -4.02. The number of rotatable bonds is 7. The molecule has 0 bridgehead atoms. The van der Waals surface area contributed by atoms with E-state index >= 15 is 0 Å². The van der Waals surface area contributed by atoms with Gasteiger partial charge in [0.15, 0.2) is 11.5 Å². The molecule has 2 atom stereocenters. The summed E-state index contributed by atoms with van der Waals surface area (Å²) in [5.41, 5.74) is 3.03. The van der Waals surface area contributed by atoms with E-state index in [-0.39, 0.29) is 17.5 Å². The average Bonchev–Trinajstić information content (AvgIpc) is 3.68. The van der Waals surface area contributed by atoms with Crippen LogP contribution in [0, 0.1) is 5.41 Å². The minimum atomic E-state index is -0.957. The van der Waals surface area contributed by atoms with Crippen molar-refractivity contribution < 1.29 is 5.11 Å². The summed E-state index contributed by atoms with van der Waals surface area (Å²) in [6.07, 6.45) is 6.71. The van der Waals surface area contributed by atoms with E-state index < -0.39 is 5.60 Å². The Balaban J connectivity index is 1.24. The molecule has 2 fully saturated rings. The van der Waals surface area contributed by atoms with Crippen molar-refractivity contribution >= 4 is 28.4 Å². The summed E-state index contributed by atoms with van der Waals surface area (Å²) in [6, 6.07) is 12.8. The molecule has 3 aromatic heterocycles. The smallest absolute Gasteiger partial charge is 0.278 e. The molecule has 0 radical (unpaired) electrons. The van der Waals surface area contributed by atoms with E-state index in [0.717, 1.165) is 55.8 Å². The molecule has 10 heteroatoms.